The molecule has 82 valence electrons. The average molecular weight is 207 g/mol. The Labute approximate surface area is 91.0 Å². The molecule has 0 fully saturated rings. The summed E-state index contributed by atoms with van der Waals surface area (Å²) in [6.07, 6.45) is 2.52. The van der Waals surface area contributed by atoms with Crippen LogP contribution in [0.2, 0.25) is 0 Å². The van der Waals surface area contributed by atoms with E-state index in [0.29, 0.717) is 0 Å². The van der Waals surface area contributed by atoms with Gasteiger partial charge in [0.25, 0.3) is 0 Å². The highest BCUT2D eigenvalue weighted by molar-refractivity contribution is 5.93. The van der Waals surface area contributed by atoms with E-state index in [4.69, 9.17) is 10.00 Å². The molecule has 0 saturated carbocycles. The van der Waals surface area contributed by atoms with E-state index in [9.17, 15) is 4.79 Å². The Morgan fingerprint density at radius 3 is 2.67 bits per heavy atom. The van der Waals surface area contributed by atoms with Crippen molar-refractivity contribution in [2.24, 2.45) is 5.92 Å². The molecule has 0 spiro atoms. The first-order chi connectivity index (χ1) is 7.08. The lowest BCUT2D eigenvalue weighted by Gasteiger charge is -2.11. The molecule has 0 N–H and O–H groups in total. The van der Waals surface area contributed by atoms with E-state index in [-0.39, 0.29) is 18.1 Å². The Bertz CT molecular complexity index is 310. The Morgan fingerprint density at radius 2 is 2.27 bits per heavy atom. The first kappa shape index (κ1) is 13.4. The van der Waals surface area contributed by atoms with Crippen LogP contribution in [0.1, 0.15) is 27.2 Å². The van der Waals surface area contributed by atoms with Crippen LogP contribution in [0, 0.1) is 17.2 Å². The molecule has 0 radical (unpaired) electrons. The van der Waals surface area contributed by atoms with Crippen LogP contribution in [0.3, 0.4) is 0 Å². The molecule has 3 heteroatoms. The first-order valence-electron chi connectivity index (χ1n) is 4.97. The second kappa shape index (κ2) is 6.83. The van der Waals surface area contributed by atoms with Crippen molar-refractivity contribution in [3.63, 3.8) is 0 Å². The molecule has 0 amide bonds. The number of carbonyl (C=O) groups is 1. The number of hydrogen-bond acceptors (Lipinski definition) is 3. The van der Waals surface area contributed by atoms with Crippen molar-refractivity contribution in [2.45, 2.75) is 27.2 Å². The van der Waals surface area contributed by atoms with Gasteiger partial charge in [-0.2, -0.15) is 5.26 Å². The number of hydrogen-bond donors (Lipinski definition) is 0. The smallest absolute Gasteiger partial charge is 0.348 e. The van der Waals surface area contributed by atoms with E-state index in [0.717, 1.165) is 12.0 Å². The highest BCUT2D eigenvalue weighted by Crippen LogP contribution is 2.19. The molecule has 0 heterocycles. The van der Waals surface area contributed by atoms with Crippen LogP contribution in [-0.2, 0) is 9.53 Å². The van der Waals surface area contributed by atoms with E-state index >= 15 is 0 Å². The van der Waals surface area contributed by atoms with Gasteiger partial charge in [-0.15, -0.1) is 6.58 Å². The number of ether oxygens (including phenoxy) is 1. The van der Waals surface area contributed by atoms with Crippen molar-refractivity contribution in [1.82, 2.24) is 0 Å². The molecule has 0 aliphatic carbocycles. The summed E-state index contributed by atoms with van der Waals surface area (Å²) in [5, 5.41) is 8.88. The fourth-order valence-corrected chi connectivity index (χ4v) is 1.17. The number of allylic oxidation sites excluding steroid dienone is 2. The molecule has 0 aromatic carbocycles. The Hall–Kier alpha value is -1.56. The lowest BCUT2D eigenvalue weighted by atomic mass is 9.95. The van der Waals surface area contributed by atoms with Crippen LogP contribution >= 0.6 is 0 Å². The summed E-state index contributed by atoms with van der Waals surface area (Å²) in [4.78, 5) is 11.4. The van der Waals surface area contributed by atoms with Crippen molar-refractivity contribution in [3.8, 4) is 6.07 Å². The van der Waals surface area contributed by atoms with Gasteiger partial charge in [-0.25, -0.2) is 4.79 Å². The molecular weight excluding hydrogens is 190 g/mol. The molecule has 0 aromatic heterocycles. The SMILES string of the molecule is C=CC[C@@H](C)/C(C)=C(/C#N)C(=O)OCC. The summed E-state index contributed by atoms with van der Waals surface area (Å²) in [5.41, 5.74) is 0.877. The third-order valence-electron chi connectivity index (χ3n) is 2.25. The molecule has 0 saturated heterocycles. The van der Waals surface area contributed by atoms with Gasteiger partial charge in [0.15, 0.2) is 0 Å². The standard InChI is InChI=1S/C12H17NO2/c1-5-7-9(3)10(4)11(8-13)12(14)15-6-2/h5,9H,1,6-7H2,2-4H3/b11-10-/t9-/m1/s1. The van der Waals surface area contributed by atoms with Crippen LogP contribution in [0.5, 0.6) is 0 Å². The molecule has 3 nitrogen and oxygen atoms in total. The fraction of sp³-hybridized carbons (Fsp3) is 0.500. The van der Waals surface area contributed by atoms with Crippen LogP contribution in [-0.4, -0.2) is 12.6 Å². The first-order valence-corrected chi connectivity index (χ1v) is 4.97. The lowest BCUT2D eigenvalue weighted by Crippen LogP contribution is -2.11. The number of carbonyl (C=O) groups excluding carboxylic acids is 1. The summed E-state index contributed by atoms with van der Waals surface area (Å²) in [7, 11) is 0. The largest absolute Gasteiger partial charge is 0.462 e. The molecule has 0 aliphatic rings. The minimum Gasteiger partial charge on any atom is -0.462 e. The van der Waals surface area contributed by atoms with Crippen molar-refractivity contribution >= 4 is 5.97 Å². The lowest BCUT2D eigenvalue weighted by molar-refractivity contribution is -0.138. The number of nitrogens with zero attached hydrogens (tertiary/aromatic N) is 1. The average Bonchev–Trinajstić information content (AvgIpc) is 2.19. The second-order valence-corrected chi connectivity index (χ2v) is 3.32. The molecule has 15 heavy (non-hydrogen) atoms. The topological polar surface area (TPSA) is 50.1 Å². The normalized spacial score (nSPS) is 13.5. The van der Waals surface area contributed by atoms with Crippen molar-refractivity contribution in [1.29, 1.82) is 5.26 Å². The second-order valence-electron chi connectivity index (χ2n) is 3.32. The van der Waals surface area contributed by atoms with Gasteiger partial charge in [-0.3, -0.25) is 0 Å². The minimum absolute atomic E-state index is 0.117. The van der Waals surface area contributed by atoms with E-state index in [2.05, 4.69) is 6.58 Å². The number of rotatable bonds is 5. The third-order valence-corrected chi connectivity index (χ3v) is 2.25. The third kappa shape index (κ3) is 3.99. The zero-order valence-electron chi connectivity index (χ0n) is 9.54. The molecule has 0 aliphatic heterocycles. The molecule has 0 aromatic rings. The molecule has 0 unspecified atom stereocenters. The fourth-order valence-electron chi connectivity index (χ4n) is 1.17. The summed E-state index contributed by atoms with van der Waals surface area (Å²) in [6, 6.07) is 1.90. The van der Waals surface area contributed by atoms with Gasteiger partial charge in [-0.05, 0) is 31.8 Å². The van der Waals surface area contributed by atoms with E-state index in [1.165, 1.54) is 0 Å². The zero-order valence-corrected chi connectivity index (χ0v) is 9.54. The molecular formula is C12H17NO2. The maximum absolute atomic E-state index is 11.4. The van der Waals surface area contributed by atoms with Crippen molar-refractivity contribution in [2.75, 3.05) is 6.61 Å². The van der Waals surface area contributed by atoms with Gasteiger partial charge in [0.1, 0.15) is 11.6 Å². The summed E-state index contributed by atoms with van der Waals surface area (Å²) in [5.74, 6) is -0.394. The highest BCUT2D eigenvalue weighted by Gasteiger charge is 2.16. The van der Waals surface area contributed by atoms with Gasteiger partial charge >= 0.3 is 5.97 Å². The van der Waals surface area contributed by atoms with Crippen LogP contribution in [0.4, 0.5) is 0 Å². The van der Waals surface area contributed by atoms with Gasteiger partial charge in [0, 0.05) is 0 Å². The van der Waals surface area contributed by atoms with Crippen LogP contribution in [0.25, 0.3) is 0 Å². The minimum atomic E-state index is -0.534. The van der Waals surface area contributed by atoms with Gasteiger partial charge in [-0.1, -0.05) is 13.0 Å². The molecule has 0 bridgehead atoms. The Balaban J connectivity index is 4.90. The summed E-state index contributed by atoms with van der Waals surface area (Å²) >= 11 is 0. The van der Waals surface area contributed by atoms with E-state index in [1.807, 2.05) is 13.0 Å². The Kier molecular flexibility index (Phi) is 6.12. The number of nitriles is 1. The van der Waals surface area contributed by atoms with Crippen molar-refractivity contribution in [3.05, 3.63) is 23.8 Å². The maximum atomic E-state index is 11.4. The van der Waals surface area contributed by atoms with E-state index in [1.54, 1.807) is 19.9 Å². The maximum Gasteiger partial charge on any atom is 0.348 e. The molecule has 0 rings (SSSR count). The Morgan fingerprint density at radius 1 is 1.67 bits per heavy atom. The monoisotopic (exact) mass is 207 g/mol. The van der Waals surface area contributed by atoms with Crippen LogP contribution < -0.4 is 0 Å². The van der Waals surface area contributed by atoms with Crippen molar-refractivity contribution < 1.29 is 9.53 Å². The zero-order chi connectivity index (χ0) is 11.8. The quantitative estimate of drug-likeness (QED) is 0.301. The van der Waals surface area contributed by atoms with Crippen LogP contribution in [0.15, 0.2) is 23.8 Å². The highest BCUT2D eigenvalue weighted by atomic mass is 16.5. The predicted molar refractivity (Wildman–Crippen MR) is 58.9 cm³/mol. The number of esters is 1. The van der Waals surface area contributed by atoms with Gasteiger partial charge < -0.3 is 4.74 Å². The van der Waals surface area contributed by atoms with Gasteiger partial charge in [0.2, 0.25) is 0 Å². The summed E-state index contributed by atoms with van der Waals surface area (Å²) < 4.78 is 4.80. The van der Waals surface area contributed by atoms with E-state index < -0.39 is 5.97 Å². The summed E-state index contributed by atoms with van der Waals surface area (Å²) in [6.45, 7) is 9.36. The van der Waals surface area contributed by atoms with Gasteiger partial charge in [0.05, 0.1) is 6.61 Å². The molecule has 1 atom stereocenters. The predicted octanol–water partition coefficient (Wildman–Crippen LogP) is 2.60.